The molecule has 0 aliphatic carbocycles. The molecular weight excluding hydrogens is 453 g/mol. The molecule has 0 fully saturated rings. The molecule has 1 aromatic heterocycles. The summed E-state index contributed by atoms with van der Waals surface area (Å²) in [5.41, 5.74) is 1.44. The fraction of sp³-hybridized carbons (Fsp3) is 0.312. The van der Waals surface area contributed by atoms with Gasteiger partial charge in [0.1, 0.15) is 10.7 Å². The molecule has 5 nitrogen and oxygen atoms in total. The molecule has 25 heavy (non-hydrogen) atoms. The Balaban J connectivity index is 0.000000845. The Bertz CT molecular complexity index is 655. The number of rotatable bonds is 4. The number of hydrogen-bond acceptors (Lipinski definition) is 5. The molecule has 0 bridgehead atoms. The molecule has 0 radical (unpaired) electrons. The van der Waals surface area contributed by atoms with Crippen molar-refractivity contribution in [3.8, 4) is 11.5 Å². The number of hydrogen-bond donors (Lipinski definition) is 1. The average Bonchev–Trinajstić information content (AvgIpc) is 2.62. The van der Waals surface area contributed by atoms with Crippen LogP contribution in [0.5, 0.6) is 11.5 Å². The Morgan fingerprint density at radius 3 is 2.04 bits per heavy atom. The van der Waals surface area contributed by atoms with Crippen LogP contribution in [0.1, 0.15) is 31.1 Å². The highest BCUT2D eigenvalue weighted by Gasteiger charge is 2.14. The molecule has 9 heteroatoms. The zero-order valence-electron chi connectivity index (χ0n) is 14.2. The standard InChI is InChI=1S/C14H14BrNO3.C2H6.Cl2OS/c1-18-11-5-3-9(7-12(11)19-2)14(17)10-4-6-13(15)16-8-10;1-2;1-4(2)3/h3-8,14,17H,1-2H3;1-2H3;. The molecule has 0 amide bonds. The molecule has 0 saturated carbocycles. The lowest BCUT2D eigenvalue weighted by Gasteiger charge is -2.14. The Labute approximate surface area is 167 Å². The smallest absolute Gasteiger partial charge is 0.211 e. The molecule has 2 aromatic rings. The monoisotopic (exact) mass is 471 g/mol. The largest absolute Gasteiger partial charge is 0.493 e. The quantitative estimate of drug-likeness (QED) is 0.500. The van der Waals surface area contributed by atoms with E-state index in [1.807, 2.05) is 19.9 Å². The predicted molar refractivity (Wildman–Crippen MR) is 107 cm³/mol. The van der Waals surface area contributed by atoms with Gasteiger partial charge in [-0.2, -0.15) is 0 Å². The summed E-state index contributed by atoms with van der Waals surface area (Å²) in [6.07, 6.45) is 0.881. The number of methoxy groups -OCH3 is 2. The highest BCUT2D eigenvalue weighted by atomic mass is 79.9. The molecule has 1 atom stereocenters. The first kappa shape index (κ1) is 24.1. The van der Waals surface area contributed by atoms with Gasteiger partial charge in [-0.1, -0.05) is 26.0 Å². The van der Waals surface area contributed by atoms with Crippen LogP contribution in [0.2, 0.25) is 0 Å². The number of aliphatic hydroxyl groups excluding tert-OH is 1. The second-order valence-corrected chi connectivity index (χ2v) is 7.45. The molecule has 2 rings (SSSR count). The van der Waals surface area contributed by atoms with Gasteiger partial charge in [-0.3, -0.25) is 0 Å². The van der Waals surface area contributed by atoms with E-state index in [9.17, 15) is 5.11 Å². The van der Waals surface area contributed by atoms with Gasteiger partial charge in [-0.15, -0.1) is 0 Å². The zero-order chi connectivity index (χ0) is 19.4. The minimum Gasteiger partial charge on any atom is -0.493 e. The van der Waals surface area contributed by atoms with Gasteiger partial charge in [0.05, 0.1) is 14.2 Å². The molecule has 140 valence electrons. The molecule has 0 saturated heterocycles. The maximum Gasteiger partial charge on any atom is 0.211 e. The van der Waals surface area contributed by atoms with Crippen molar-refractivity contribution in [3.05, 3.63) is 52.3 Å². The minimum atomic E-state index is -1.67. The Morgan fingerprint density at radius 2 is 1.60 bits per heavy atom. The van der Waals surface area contributed by atoms with Gasteiger partial charge in [0.2, 0.25) is 9.23 Å². The first-order chi connectivity index (χ1) is 11.9. The van der Waals surface area contributed by atoms with E-state index in [1.165, 1.54) is 0 Å². The fourth-order valence-corrected chi connectivity index (χ4v) is 2.00. The second-order valence-electron chi connectivity index (χ2n) is 4.12. The summed E-state index contributed by atoms with van der Waals surface area (Å²) < 4.78 is 20.2. The van der Waals surface area contributed by atoms with E-state index in [4.69, 9.17) is 13.7 Å². The van der Waals surface area contributed by atoms with E-state index in [2.05, 4.69) is 42.3 Å². The van der Waals surface area contributed by atoms with Gasteiger partial charge in [0.25, 0.3) is 0 Å². The normalized spacial score (nSPS) is 10.8. The summed E-state index contributed by atoms with van der Waals surface area (Å²) in [4.78, 5) is 4.10. The molecule has 1 heterocycles. The van der Waals surface area contributed by atoms with Crippen molar-refractivity contribution >= 4 is 46.5 Å². The van der Waals surface area contributed by atoms with Crippen LogP contribution >= 0.6 is 37.3 Å². The zero-order valence-corrected chi connectivity index (χ0v) is 18.1. The van der Waals surface area contributed by atoms with Crippen molar-refractivity contribution in [1.82, 2.24) is 4.98 Å². The van der Waals surface area contributed by atoms with E-state index in [0.29, 0.717) is 11.5 Å². The van der Waals surface area contributed by atoms with Crippen LogP contribution in [-0.4, -0.2) is 28.5 Å². The Hall–Kier alpha value is -0.860. The lowest BCUT2D eigenvalue weighted by molar-refractivity contribution is 0.219. The first-order valence-corrected chi connectivity index (χ1v) is 10.7. The van der Waals surface area contributed by atoms with E-state index in [1.54, 1.807) is 44.7 Å². The summed E-state index contributed by atoms with van der Waals surface area (Å²) in [5.74, 6) is 1.22. The van der Waals surface area contributed by atoms with Gasteiger partial charge in [0, 0.05) is 33.1 Å². The molecule has 0 aliphatic heterocycles. The highest BCUT2D eigenvalue weighted by Crippen LogP contribution is 2.32. The van der Waals surface area contributed by atoms with Gasteiger partial charge in [-0.25, -0.2) is 9.19 Å². The number of halogens is 3. The number of nitrogens with zero attached hydrogens (tertiary/aromatic N) is 1. The van der Waals surface area contributed by atoms with E-state index in [0.717, 1.165) is 15.7 Å². The SMILES string of the molecule is CC.COc1ccc(C(O)c2ccc(Br)nc2)cc1OC.O=S(Cl)Cl. The molecular formula is C16H20BrCl2NO4S. The Morgan fingerprint density at radius 1 is 1.08 bits per heavy atom. The highest BCUT2D eigenvalue weighted by molar-refractivity contribution is 9.10. The van der Waals surface area contributed by atoms with Crippen LogP contribution in [0.25, 0.3) is 0 Å². The van der Waals surface area contributed by atoms with E-state index in [-0.39, 0.29) is 0 Å². The lowest BCUT2D eigenvalue weighted by atomic mass is 10.0. The van der Waals surface area contributed by atoms with Gasteiger partial charge in [0.15, 0.2) is 11.5 Å². The van der Waals surface area contributed by atoms with E-state index < -0.39 is 15.3 Å². The average molecular weight is 473 g/mol. The van der Waals surface area contributed by atoms with Crippen molar-refractivity contribution in [2.24, 2.45) is 0 Å². The van der Waals surface area contributed by atoms with Crippen LogP contribution in [0, 0.1) is 0 Å². The number of aromatic nitrogens is 1. The number of aliphatic hydroxyl groups is 1. The number of benzene rings is 1. The van der Waals surface area contributed by atoms with E-state index >= 15 is 0 Å². The minimum absolute atomic E-state index is 0.587. The van der Waals surface area contributed by atoms with Crippen LogP contribution in [0.3, 0.4) is 0 Å². The maximum atomic E-state index is 10.3. The summed E-state index contributed by atoms with van der Waals surface area (Å²) in [6.45, 7) is 4.00. The van der Waals surface area contributed by atoms with Gasteiger partial charge in [-0.05, 0) is 39.7 Å². The maximum absolute atomic E-state index is 10.3. The van der Waals surface area contributed by atoms with Crippen molar-refractivity contribution < 1.29 is 18.8 Å². The van der Waals surface area contributed by atoms with Crippen molar-refractivity contribution in [3.63, 3.8) is 0 Å². The molecule has 1 N–H and O–H groups in total. The Kier molecular flexibility index (Phi) is 12.9. The lowest BCUT2D eigenvalue weighted by Crippen LogP contribution is -2.01. The van der Waals surface area contributed by atoms with Crippen LogP contribution in [0.4, 0.5) is 0 Å². The summed E-state index contributed by atoms with van der Waals surface area (Å²) in [5, 5.41) is 10.3. The third-order valence-electron chi connectivity index (χ3n) is 2.79. The number of pyridine rings is 1. The van der Waals surface area contributed by atoms with Crippen molar-refractivity contribution in [2.45, 2.75) is 20.0 Å². The first-order valence-electron chi connectivity index (χ1n) is 7.14. The number of ether oxygens (including phenoxy) is 2. The molecule has 1 unspecified atom stereocenters. The molecule has 0 aliphatic rings. The fourth-order valence-electron chi connectivity index (χ4n) is 1.76. The van der Waals surface area contributed by atoms with Crippen molar-refractivity contribution in [1.29, 1.82) is 0 Å². The summed E-state index contributed by atoms with van der Waals surface area (Å²) in [6, 6.07) is 8.93. The topological polar surface area (TPSA) is 68.7 Å². The summed E-state index contributed by atoms with van der Waals surface area (Å²) in [7, 11) is 10.5. The van der Waals surface area contributed by atoms with Crippen LogP contribution in [0.15, 0.2) is 41.1 Å². The third kappa shape index (κ3) is 8.87. The van der Waals surface area contributed by atoms with Crippen molar-refractivity contribution in [2.75, 3.05) is 14.2 Å². The third-order valence-corrected chi connectivity index (χ3v) is 3.26. The molecule has 0 spiro atoms. The van der Waals surface area contributed by atoms with Gasteiger partial charge >= 0.3 is 0 Å². The second kappa shape index (κ2) is 13.4. The van der Waals surface area contributed by atoms with Crippen LogP contribution < -0.4 is 9.47 Å². The predicted octanol–water partition coefficient (Wildman–Crippen LogP) is 5.01. The molecule has 1 aromatic carbocycles. The van der Waals surface area contributed by atoms with Gasteiger partial charge < -0.3 is 14.6 Å². The summed E-state index contributed by atoms with van der Waals surface area (Å²) >= 11 is 3.26. The van der Waals surface area contributed by atoms with Crippen LogP contribution in [-0.2, 0) is 9.23 Å².